The zero-order valence-corrected chi connectivity index (χ0v) is 54.3. The lowest BCUT2D eigenvalue weighted by Crippen LogP contribution is -2.28. The topological polar surface area (TPSA) is 228 Å². The molecule has 3 N–H and O–H groups in total. The Morgan fingerprint density at radius 1 is 0.459 bits per heavy atom. The van der Waals surface area contributed by atoms with Crippen LogP contribution in [-0.2, 0) is 51.0 Å². The molecule has 16 atom stereocenters. The summed E-state index contributed by atoms with van der Waals surface area (Å²) in [6.07, 6.45) is 13.0. The van der Waals surface area contributed by atoms with Crippen LogP contribution in [0, 0.1) is 73.0 Å². The van der Waals surface area contributed by atoms with Gasteiger partial charge in [0.05, 0.1) is 36.2 Å². The van der Waals surface area contributed by atoms with Crippen molar-refractivity contribution < 1.29 is 53.7 Å². The van der Waals surface area contributed by atoms with E-state index in [0.29, 0.717) is 53.6 Å². The Morgan fingerprint density at radius 3 is 1.28 bits per heavy atom. The normalized spacial score (nSPS) is 28.8. The van der Waals surface area contributed by atoms with Crippen molar-refractivity contribution in [1.82, 2.24) is 9.78 Å². The largest absolute Gasteiger partial charge is 0.393 e. The van der Waals surface area contributed by atoms with Crippen molar-refractivity contribution in [2.75, 3.05) is 0 Å². The fourth-order valence-electron chi connectivity index (χ4n) is 11.7. The quantitative estimate of drug-likeness (QED) is 0.139. The van der Waals surface area contributed by atoms with Crippen molar-refractivity contribution in [3.8, 4) is 0 Å². The number of aliphatic hydroxyl groups is 3. The molecule has 1 aromatic heterocycles. The molecule has 1 saturated heterocycles. The number of aliphatic hydroxyl groups excluding tert-OH is 3. The van der Waals surface area contributed by atoms with Crippen molar-refractivity contribution in [3.05, 3.63) is 185 Å². The molecule has 14 nitrogen and oxygen atoms in total. The van der Waals surface area contributed by atoms with Crippen LogP contribution in [0.3, 0.4) is 0 Å². The first-order valence-corrected chi connectivity index (χ1v) is 31.7. The van der Waals surface area contributed by atoms with Crippen molar-refractivity contribution in [2.24, 2.45) is 59.2 Å². The van der Waals surface area contributed by atoms with E-state index in [1.54, 1.807) is 0 Å². The summed E-state index contributed by atoms with van der Waals surface area (Å²) in [4.78, 5) is 0. The molecular weight excluding hydrogens is 1150 g/mol. The van der Waals surface area contributed by atoms with Crippen LogP contribution < -0.4 is 0 Å². The third-order valence-electron chi connectivity index (χ3n) is 17.9. The Morgan fingerprint density at radius 2 is 0.847 bits per heavy atom. The van der Waals surface area contributed by atoms with Gasteiger partial charge in [-0.2, -0.15) is 38.8 Å². The lowest BCUT2D eigenvalue weighted by Gasteiger charge is -2.27. The zero-order chi connectivity index (χ0) is 63.3. The molecule has 18 heteroatoms. The average Bonchev–Trinajstić information content (AvgIpc) is 2.14. The van der Waals surface area contributed by atoms with Gasteiger partial charge >= 0.3 is 46.3 Å². The van der Waals surface area contributed by atoms with Gasteiger partial charge in [-0.15, -0.1) is 0 Å². The fraction of sp³-hybridized carbons (Fsp3) is 0.478. The molecule has 0 saturated carbocycles. The molecule has 0 unspecified atom stereocenters. The third-order valence-corrected chi connectivity index (χ3v) is 17.9. The number of hydrogen-bond donors (Lipinski definition) is 3. The van der Waals surface area contributed by atoms with Gasteiger partial charge in [0.15, 0.2) is 0 Å². The van der Waals surface area contributed by atoms with E-state index in [9.17, 15) is 15.3 Å². The Bertz CT molecular complexity index is 2930. The summed E-state index contributed by atoms with van der Waals surface area (Å²) in [5.74, 6) is 4.60. The number of ether oxygens (including phenoxy) is 1. The first kappa shape index (κ1) is 73.4. The second-order valence-corrected chi connectivity index (χ2v) is 23.6. The zero-order valence-electron chi connectivity index (χ0n) is 51.0. The SMILES string of the molecule is C[C@@H]1[C@H](C)[C@@H](O)CC=C(c2ccccc2)[C@@H]1C.C[C@H]1[C@@H](O)[C@@H](C)C(c2ccccc2)=CC[C@@H]1C.C[C@H]1[C@H]2O[C@H]2C(c2ccccc2)=CC[C@@H]1C.Cc1cc(C)n([C@H]2C[C@H](C)[C@@H](C)[C@@H](O)C=C2c2ccccc2)n1.O=S=O.O=S=O.O=S=O.O=S=O. The van der Waals surface area contributed by atoms with Gasteiger partial charge < -0.3 is 20.1 Å². The highest BCUT2D eigenvalue weighted by Gasteiger charge is 2.48. The standard InChI is InChI=1S/C20H26N2O.2C16H22O.C15H18O.4O2S/c1-13-10-19(22-15(3)11-14(2)21-22)18(12-20(23)16(13)4)17-8-6-5-7-9-17;1-11-12(2)15(9-10-16(17)13(11)3)14-7-5-4-6-8-14;1-11-9-10-15(13(3)16(17)12(11)2)14-7-5-4-6-8-14;1-10-8-9-13(12-6-4-3-5-7-12)15-14(16-15)11(10)2;4*1-3-2/h5-9,11-13,16,19-20,23H,10H2,1-4H3;4-9,11-13,16-17H,10H2,1-3H3;4-8,10-13,16-17H,9H2,1-3H3;3-7,9-11,14-15H,8H2,1-2H3;;;;/t13-,16+,19-,20-;11-,12+,13-,16-;11-,12+,13-,16+;10-,11+,14+,15-;;;;/m0000..../s1. The number of aromatic nitrogens is 2. The molecule has 5 aliphatic rings. The molecule has 1 aliphatic heterocycles. The van der Waals surface area contributed by atoms with Crippen LogP contribution in [0.2, 0.25) is 0 Å². The lowest BCUT2D eigenvalue weighted by molar-refractivity contribution is 0.0647. The molecule has 0 amide bonds. The van der Waals surface area contributed by atoms with Gasteiger partial charge in [-0.05, 0) is 149 Å². The average molecular weight is 1240 g/mol. The van der Waals surface area contributed by atoms with Crippen LogP contribution in [0.4, 0.5) is 0 Å². The predicted octanol–water partition coefficient (Wildman–Crippen LogP) is 12.5. The second kappa shape index (κ2) is 38.4. The second-order valence-electron chi connectivity index (χ2n) is 23.0. The van der Waals surface area contributed by atoms with Crippen molar-refractivity contribution in [3.63, 3.8) is 0 Å². The third kappa shape index (κ3) is 22.1. The van der Waals surface area contributed by atoms with Crippen molar-refractivity contribution in [1.29, 1.82) is 0 Å². The summed E-state index contributed by atoms with van der Waals surface area (Å²) in [5, 5.41) is 35.8. The molecule has 0 spiro atoms. The predicted molar refractivity (Wildman–Crippen MR) is 341 cm³/mol. The van der Waals surface area contributed by atoms with Crippen LogP contribution >= 0.6 is 0 Å². The minimum Gasteiger partial charge on any atom is -0.393 e. The van der Waals surface area contributed by atoms with E-state index in [0.717, 1.165) is 30.9 Å². The van der Waals surface area contributed by atoms with Gasteiger partial charge in [-0.3, -0.25) is 4.68 Å². The fourth-order valence-corrected chi connectivity index (χ4v) is 11.7. The highest BCUT2D eigenvalue weighted by atomic mass is 32.1. The first-order valence-electron chi connectivity index (χ1n) is 29.1. The van der Waals surface area contributed by atoms with E-state index in [2.05, 4.69) is 208 Å². The summed E-state index contributed by atoms with van der Waals surface area (Å²) >= 11 is -3.00. The van der Waals surface area contributed by atoms with Gasteiger partial charge in [-0.1, -0.05) is 209 Å². The maximum atomic E-state index is 10.6. The number of hydrogen-bond acceptors (Lipinski definition) is 13. The Kier molecular flexibility index (Phi) is 33.1. The number of nitrogens with zero attached hydrogens (tertiary/aromatic N) is 2. The molecule has 5 aromatic rings. The molecule has 4 aliphatic carbocycles. The molecule has 462 valence electrons. The van der Waals surface area contributed by atoms with E-state index in [1.165, 1.54) is 56.7 Å². The highest BCUT2D eigenvalue weighted by molar-refractivity contribution is 7.52. The summed E-state index contributed by atoms with van der Waals surface area (Å²) in [5.41, 5.74) is 12.5. The first-order chi connectivity index (χ1) is 40.6. The van der Waals surface area contributed by atoms with E-state index < -0.39 is 52.4 Å². The Balaban J connectivity index is 0.000000281. The van der Waals surface area contributed by atoms with E-state index >= 15 is 0 Å². The molecule has 1 fully saturated rings. The van der Waals surface area contributed by atoms with Gasteiger partial charge in [0, 0.05) is 11.6 Å². The highest BCUT2D eigenvalue weighted by Crippen LogP contribution is 2.46. The number of epoxide rings is 1. The van der Waals surface area contributed by atoms with E-state index in [-0.39, 0.29) is 30.1 Å². The van der Waals surface area contributed by atoms with Crippen LogP contribution in [0.1, 0.15) is 135 Å². The minimum atomic E-state index is -0.750. The molecule has 0 radical (unpaired) electrons. The van der Waals surface area contributed by atoms with E-state index in [1.807, 2.05) is 31.2 Å². The summed E-state index contributed by atoms with van der Waals surface area (Å²) in [6, 6.07) is 44.3. The monoisotopic (exact) mass is 1240 g/mol. The number of fused-ring (bicyclic) bond motifs is 1. The molecule has 4 aromatic carbocycles. The van der Waals surface area contributed by atoms with Gasteiger partial charge in [-0.25, -0.2) is 0 Å². The van der Waals surface area contributed by atoms with E-state index in [4.69, 9.17) is 43.5 Å². The van der Waals surface area contributed by atoms with Crippen molar-refractivity contribution in [2.45, 2.75) is 145 Å². The molecule has 0 bridgehead atoms. The maximum Gasteiger partial charge on any atom is 0.335 e. The maximum absolute atomic E-state index is 10.6. The van der Waals surface area contributed by atoms with Gasteiger partial charge in [0.25, 0.3) is 0 Å². The minimum absolute atomic E-state index is 0.167. The van der Waals surface area contributed by atoms with Gasteiger partial charge in [0.2, 0.25) is 0 Å². The van der Waals surface area contributed by atoms with Crippen LogP contribution in [0.25, 0.3) is 22.3 Å². The number of aryl methyl sites for hydroxylation is 2. The smallest absolute Gasteiger partial charge is 0.335 e. The molecule has 85 heavy (non-hydrogen) atoms. The molecule has 10 rings (SSSR count). The summed E-state index contributed by atoms with van der Waals surface area (Å²) in [6.45, 7) is 26.4. The molecule has 2 heterocycles. The van der Waals surface area contributed by atoms with Crippen LogP contribution in [0.15, 0.2) is 152 Å². The molecular formula is C67H88N2O12S4. The number of benzene rings is 4. The van der Waals surface area contributed by atoms with Crippen LogP contribution in [0.5, 0.6) is 0 Å². The van der Waals surface area contributed by atoms with Gasteiger partial charge in [0.1, 0.15) is 6.10 Å². The number of rotatable bonds is 5. The lowest BCUT2D eigenvalue weighted by atomic mass is 9.79. The number of allylic oxidation sites excluding steroid dienone is 4. The van der Waals surface area contributed by atoms with Crippen molar-refractivity contribution >= 4 is 68.6 Å². The Labute approximate surface area is 518 Å². The van der Waals surface area contributed by atoms with Crippen LogP contribution in [-0.4, -0.2) is 89.3 Å². The Hall–Kier alpha value is -5.83. The summed E-state index contributed by atoms with van der Waals surface area (Å²) < 4.78 is 74.3. The summed E-state index contributed by atoms with van der Waals surface area (Å²) in [7, 11) is 0.